The second-order valence-electron chi connectivity index (χ2n) is 3.70. The summed E-state index contributed by atoms with van der Waals surface area (Å²) in [5.74, 6) is 0.424. The van der Waals surface area contributed by atoms with E-state index in [0.29, 0.717) is 16.6 Å². The quantitative estimate of drug-likeness (QED) is 0.434. The molecule has 0 N–H and O–H groups in total. The highest BCUT2D eigenvalue weighted by atomic mass is 35.5. The van der Waals surface area contributed by atoms with Gasteiger partial charge in [0.05, 0.1) is 0 Å². The SMILES string of the molecule is ClC1(Cl)S[C@H]2C=C[C@@H]1C21CC1. The van der Waals surface area contributed by atoms with Crippen LogP contribution >= 0.6 is 35.0 Å². The van der Waals surface area contributed by atoms with Crippen LogP contribution in [0.15, 0.2) is 12.2 Å². The largest absolute Gasteiger partial charge is 0.170 e. The van der Waals surface area contributed by atoms with Crippen molar-refractivity contribution in [2.24, 2.45) is 11.3 Å². The molecule has 0 aromatic rings. The Balaban J connectivity index is 2.08. The van der Waals surface area contributed by atoms with Crippen LogP contribution < -0.4 is 0 Å². The third-order valence-corrected chi connectivity index (χ3v) is 5.59. The van der Waals surface area contributed by atoms with Gasteiger partial charge < -0.3 is 0 Å². The first-order valence-corrected chi connectivity index (χ1v) is 5.53. The molecule has 0 nitrogen and oxygen atoms in total. The first-order chi connectivity index (χ1) is 5.15. The molecule has 2 aliphatic carbocycles. The van der Waals surface area contributed by atoms with E-state index < -0.39 is 3.67 Å². The number of hydrogen-bond acceptors (Lipinski definition) is 1. The topological polar surface area (TPSA) is 0 Å². The summed E-state index contributed by atoms with van der Waals surface area (Å²) in [5, 5.41) is 0.613. The van der Waals surface area contributed by atoms with Crippen molar-refractivity contribution in [3.8, 4) is 0 Å². The summed E-state index contributed by atoms with van der Waals surface area (Å²) in [6.45, 7) is 0. The van der Waals surface area contributed by atoms with Gasteiger partial charge >= 0.3 is 0 Å². The van der Waals surface area contributed by atoms with Crippen molar-refractivity contribution in [3.05, 3.63) is 12.2 Å². The van der Waals surface area contributed by atoms with Crippen LogP contribution in [0.1, 0.15) is 12.8 Å². The van der Waals surface area contributed by atoms with E-state index in [1.165, 1.54) is 12.8 Å². The minimum absolute atomic E-state index is 0.424. The highest BCUT2D eigenvalue weighted by molar-refractivity contribution is 8.04. The van der Waals surface area contributed by atoms with Gasteiger partial charge in [-0.15, -0.1) is 11.8 Å². The molecule has 2 fully saturated rings. The molecule has 2 bridgehead atoms. The summed E-state index contributed by atoms with van der Waals surface area (Å²) < 4.78 is -0.518. The van der Waals surface area contributed by atoms with Crippen molar-refractivity contribution in [3.63, 3.8) is 0 Å². The van der Waals surface area contributed by atoms with E-state index in [-0.39, 0.29) is 0 Å². The third kappa shape index (κ3) is 0.707. The first kappa shape index (κ1) is 7.11. The zero-order chi connectivity index (χ0) is 7.69. The van der Waals surface area contributed by atoms with Crippen LogP contribution in [0.5, 0.6) is 0 Å². The van der Waals surface area contributed by atoms with Crippen LogP contribution in [0.25, 0.3) is 0 Å². The Hall–Kier alpha value is 0.670. The number of halogens is 2. The average Bonchev–Trinajstić information content (AvgIpc) is 2.54. The van der Waals surface area contributed by atoms with Gasteiger partial charge in [-0.05, 0) is 18.3 Å². The molecule has 3 aliphatic rings. The normalized spacial score (nSPS) is 47.1. The zero-order valence-electron chi connectivity index (χ0n) is 5.89. The zero-order valence-corrected chi connectivity index (χ0v) is 8.22. The maximum atomic E-state index is 6.17. The molecule has 0 amide bonds. The van der Waals surface area contributed by atoms with Crippen LogP contribution in [0.4, 0.5) is 0 Å². The molecule has 1 spiro atoms. The highest BCUT2D eigenvalue weighted by Crippen LogP contribution is 2.75. The summed E-state index contributed by atoms with van der Waals surface area (Å²) in [7, 11) is 0. The van der Waals surface area contributed by atoms with Crippen LogP contribution in [0.2, 0.25) is 0 Å². The second-order valence-corrected chi connectivity index (χ2v) is 6.92. The van der Waals surface area contributed by atoms with E-state index in [0.717, 1.165) is 0 Å². The monoisotopic (exact) mass is 206 g/mol. The number of thioether (sulfide) groups is 1. The Morgan fingerprint density at radius 1 is 1.27 bits per heavy atom. The van der Waals surface area contributed by atoms with Gasteiger partial charge in [0.1, 0.15) is 0 Å². The minimum atomic E-state index is -0.518. The Bertz CT molecular complexity index is 242. The standard InChI is InChI=1S/C8H8Cl2S/c9-8(10)5-1-2-6(11-8)7(5)3-4-7/h1-2,5-6H,3-4H2/t5-,6+/m1/s1. The van der Waals surface area contributed by atoms with E-state index in [1.54, 1.807) is 11.8 Å². The van der Waals surface area contributed by atoms with Crippen molar-refractivity contribution in [2.45, 2.75) is 21.8 Å². The van der Waals surface area contributed by atoms with Crippen LogP contribution in [0.3, 0.4) is 0 Å². The molecule has 0 radical (unpaired) electrons. The molecule has 3 heteroatoms. The molecule has 0 aromatic carbocycles. The Labute approximate surface area is 80.3 Å². The maximum Gasteiger partial charge on any atom is 0.170 e. The molecule has 60 valence electrons. The average molecular weight is 207 g/mol. The van der Waals surface area contributed by atoms with Crippen molar-refractivity contribution >= 4 is 35.0 Å². The number of hydrogen-bond donors (Lipinski definition) is 0. The lowest BCUT2D eigenvalue weighted by molar-refractivity contribution is 0.445. The Morgan fingerprint density at radius 2 is 2.00 bits per heavy atom. The van der Waals surface area contributed by atoms with E-state index in [9.17, 15) is 0 Å². The lowest BCUT2D eigenvalue weighted by atomic mass is 9.94. The molecule has 1 heterocycles. The Morgan fingerprint density at radius 3 is 2.27 bits per heavy atom. The molecule has 11 heavy (non-hydrogen) atoms. The molecule has 0 aromatic heterocycles. The number of allylic oxidation sites excluding steroid dienone is 1. The van der Waals surface area contributed by atoms with Crippen LogP contribution in [-0.4, -0.2) is 8.92 Å². The number of rotatable bonds is 0. The maximum absolute atomic E-state index is 6.17. The second kappa shape index (κ2) is 1.78. The first-order valence-electron chi connectivity index (χ1n) is 3.89. The summed E-state index contributed by atoms with van der Waals surface area (Å²) in [5.41, 5.74) is 0.494. The summed E-state index contributed by atoms with van der Waals surface area (Å²) in [6, 6.07) is 0. The van der Waals surface area contributed by atoms with Crippen LogP contribution in [-0.2, 0) is 0 Å². The predicted octanol–water partition coefficient (Wildman–Crippen LogP) is 3.20. The molecule has 1 saturated carbocycles. The van der Waals surface area contributed by atoms with E-state index in [2.05, 4.69) is 12.2 Å². The van der Waals surface area contributed by atoms with E-state index >= 15 is 0 Å². The van der Waals surface area contributed by atoms with Gasteiger partial charge in [-0.3, -0.25) is 0 Å². The van der Waals surface area contributed by atoms with Gasteiger partial charge in [0.2, 0.25) is 0 Å². The molecule has 1 aliphatic heterocycles. The molecule has 0 unspecified atom stereocenters. The summed E-state index contributed by atoms with van der Waals surface area (Å²) >= 11 is 14.1. The fourth-order valence-electron chi connectivity index (χ4n) is 2.36. The van der Waals surface area contributed by atoms with Gasteiger partial charge in [0.25, 0.3) is 0 Å². The number of alkyl halides is 2. The van der Waals surface area contributed by atoms with Gasteiger partial charge in [0, 0.05) is 11.2 Å². The molecule has 1 saturated heterocycles. The van der Waals surface area contributed by atoms with E-state index in [1.807, 2.05) is 0 Å². The third-order valence-electron chi connectivity index (χ3n) is 3.14. The van der Waals surface area contributed by atoms with Crippen molar-refractivity contribution in [1.82, 2.24) is 0 Å². The molecular weight excluding hydrogens is 199 g/mol. The molecule has 3 rings (SSSR count). The Kier molecular flexibility index (Phi) is 1.15. The van der Waals surface area contributed by atoms with Gasteiger partial charge in [-0.25, -0.2) is 0 Å². The fraction of sp³-hybridized carbons (Fsp3) is 0.750. The smallest absolute Gasteiger partial charge is 0.114 e. The van der Waals surface area contributed by atoms with Crippen molar-refractivity contribution in [1.29, 1.82) is 0 Å². The minimum Gasteiger partial charge on any atom is -0.114 e. The van der Waals surface area contributed by atoms with Crippen molar-refractivity contribution in [2.75, 3.05) is 0 Å². The summed E-state index contributed by atoms with van der Waals surface area (Å²) in [4.78, 5) is 0. The fourth-order valence-corrected chi connectivity index (χ4v) is 5.10. The molecular formula is C8H8Cl2S. The highest BCUT2D eigenvalue weighted by Gasteiger charge is 2.68. The lowest BCUT2D eigenvalue weighted by Gasteiger charge is -2.20. The predicted molar refractivity (Wildman–Crippen MR) is 50.1 cm³/mol. The van der Waals surface area contributed by atoms with Crippen molar-refractivity contribution < 1.29 is 0 Å². The van der Waals surface area contributed by atoms with Crippen LogP contribution in [0, 0.1) is 11.3 Å². The van der Waals surface area contributed by atoms with E-state index in [4.69, 9.17) is 23.2 Å². The van der Waals surface area contributed by atoms with Gasteiger partial charge in [-0.1, -0.05) is 35.4 Å². The van der Waals surface area contributed by atoms with Gasteiger partial charge in [0.15, 0.2) is 3.67 Å². The summed E-state index contributed by atoms with van der Waals surface area (Å²) in [6.07, 6.45) is 7.15. The molecule has 2 atom stereocenters. The van der Waals surface area contributed by atoms with Gasteiger partial charge in [-0.2, -0.15) is 0 Å². The lowest BCUT2D eigenvalue weighted by Crippen LogP contribution is -2.19.